The maximum Gasteiger partial charge on any atom is 0.335 e. The number of aliphatic hydroxyl groups is 2. The number of halogens is 2. The number of nitrogens with zero attached hydrogens (tertiary/aromatic N) is 1. The van der Waals surface area contributed by atoms with Gasteiger partial charge in [0.25, 0.3) is 5.91 Å². The highest BCUT2D eigenvalue weighted by Crippen LogP contribution is 2.29. The van der Waals surface area contributed by atoms with E-state index in [0.717, 1.165) is 25.9 Å². The first kappa shape index (κ1) is 34.5. The van der Waals surface area contributed by atoms with Crippen LogP contribution >= 0.6 is 11.6 Å². The normalized spacial score (nSPS) is 18.1. The fourth-order valence-corrected chi connectivity index (χ4v) is 4.19. The molecular formula is C27H35ClFN3O10. The molecule has 2 aromatic carbocycles. The highest BCUT2D eigenvalue weighted by molar-refractivity contribution is 6.33. The zero-order chi connectivity index (χ0) is 31.4. The lowest BCUT2D eigenvalue weighted by atomic mass is 10.0. The summed E-state index contributed by atoms with van der Waals surface area (Å²) in [6.07, 6.45) is -3.11. The summed E-state index contributed by atoms with van der Waals surface area (Å²) in [5.41, 5.74) is 6.49. The van der Waals surface area contributed by atoms with E-state index in [1.807, 2.05) is 0 Å². The van der Waals surface area contributed by atoms with Crippen LogP contribution in [0.15, 0.2) is 36.4 Å². The van der Waals surface area contributed by atoms with Gasteiger partial charge >= 0.3 is 11.9 Å². The Labute approximate surface area is 246 Å². The van der Waals surface area contributed by atoms with Crippen molar-refractivity contribution in [3.05, 3.63) is 52.8 Å². The van der Waals surface area contributed by atoms with E-state index >= 15 is 0 Å². The van der Waals surface area contributed by atoms with Crippen LogP contribution in [0.25, 0.3) is 0 Å². The number of anilines is 1. The number of nitrogens with two attached hydrogens (primary N) is 1. The number of piperidine rings is 1. The molecule has 0 aromatic heterocycles. The third kappa shape index (κ3) is 10.3. The maximum absolute atomic E-state index is 12.9. The number of carbonyl (C=O) groups excluding carboxylic acids is 1. The van der Waals surface area contributed by atoms with Crippen LogP contribution < -0.4 is 20.5 Å². The second-order valence-electron chi connectivity index (χ2n) is 9.24. The van der Waals surface area contributed by atoms with E-state index < -0.39 is 24.1 Å². The molecule has 15 heteroatoms. The first-order valence-corrected chi connectivity index (χ1v) is 13.1. The fourth-order valence-electron chi connectivity index (χ4n) is 4.03. The van der Waals surface area contributed by atoms with Gasteiger partial charge in [0.1, 0.15) is 17.3 Å². The highest BCUT2D eigenvalue weighted by Gasteiger charge is 2.31. The van der Waals surface area contributed by atoms with Gasteiger partial charge in [-0.2, -0.15) is 0 Å². The average Bonchev–Trinajstić information content (AvgIpc) is 2.97. The summed E-state index contributed by atoms with van der Waals surface area (Å²) in [5, 5.41) is 35.9. The van der Waals surface area contributed by atoms with Crippen molar-refractivity contribution in [3.8, 4) is 11.5 Å². The number of benzene rings is 2. The van der Waals surface area contributed by atoms with Crippen LogP contribution in [0, 0.1) is 5.82 Å². The molecule has 1 aliphatic rings. The van der Waals surface area contributed by atoms with E-state index in [4.69, 9.17) is 52.0 Å². The number of nitrogens with one attached hydrogen (secondary N) is 1. The van der Waals surface area contributed by atoms with Gasteiger partial charge in [0.2, 0.25) is 0 Å². The van der Waals surface area contributed by atoms with Gasteiger partial charge in [-0.15, -0.1) is 0 Å². The van der Waals surface area contributed by atoms with E-state index in [1.165, 1.54) is 25.3 Å². The second kappa shape index (κ2) is 16.7. The molecule has 13 nitrogen and oxygen atoms in total. The quantitative estimate of drug-likeness (QED) is 0.148. The number of nitrogen functional groups attached to an aromatic ring is 1. The number of hydrogen-bond acceptors (Lipinski definition) is 10. The number of amides is 1. The predicted molar refractivity (Wildman–Crippen MR) is 149 cm³/mol. The van der Waals surface area contributed by atoms with Crippen LogP contribution in [0.5, 0.6) is 11.5 Å². The molecule has 0 radical (unpaired) electrons. The number of likely N-dealkylation sites (tertiary alicyclic amines) is 1. The number of aliphatic carboxylic acids is 2. The van der Waals surface area contributed by atoms with Gasteiger partial charge in [0.05, 0.1) is 42.1 Å². The van der Waals surface area contributed by atoms with Crippen molar-refractivity contribution < 1.29 is 53.4 Å². The van der Waals surface area contributed by atoms with Gasteiger partial charge in [0, 0.05) is 32.8 Å². The Bertz CT molecular complexity index is 1190. The molecule has 1 amide bonds. The molecule has 1 saturated heterocycles. The zero-order valence-electron chi connectivity index (χ0n) is 23.0. The number of rotatable bonds is 12. The summed E-state index contributed by atoms with van der Waals surface area (Å²) in [4.78, 5) is 34.7. The van der Waals surface area contributed by atoms with Crippen LogP contribution in [0.3, 0.4) is 0 Å². The minimum absolute atomic E-state index is 0.139. The molecule has 1 fully saturated rings. The molecule has 42 heavy (non-hydrogen) atoms. The van der Waals surface area contributed by atoms with Crippen molar-refractivity contribution >= 4 is 35.1 Å². The van der Waals surface area contributed by atoms with E-state index in [0.29, 0.717) is 40.9 Å². The number of carbonyl (C=O) groups is 3. The Hall–Kier alpha value is -3.69. The van der Waals surface area contributed by atoms with Gasteiger partial charge < -0.3 is 50.6 Å². The van der Waals surface area contributed by atoms with E-state index in [-0.39, 0.29) is 23.9 Å². The van der Waals surface area contributed by atoms with Gasteiger partial charge in [-0.25, -0.2) is 14.0 Å². The third-order valence-electron chi connectivity index (χ3n) is 6.33. The minimum Gasteiger partial charge on any atom is -0.496 e. The van der Waals surface area contributed by atoms with Crippen LogP contribution in [0.4, 0.5) is 10.1 Å². The first-order chi connectivity index (χ1) is 19.9. The molecule has 0 spiro atoms. The Morgan fingerprint density at radius 1 is 1.12 bits per heavy atom. The molecule has 0 saturated carbocycles. The number of ether oxygens (including phenoxy) is 3. The largest absolute Gasteiger partial charge is 0.496 e. The van der Waals surface area contributed by atoms with E-state index in [2.05, 4.69) is 10.2 Å². The number of methoxy groups -OCH3 is 2. The third-order valence-corrected chi connectivity index (χ3v) is 6.66. The summed E-state index contributed by atoms with van der Waals surface area (Å²) in [6, 6.07) is 8.92. The maximum atomic E-state index is 12.9. The minimum atomic E-state index is -2.27. The molecule has 0 bridgehead atoms. The van der Waals surface area contributed by atoms with Crippen molar-refractivity contribution in [1.82, 2.24) is 10.2 Å². The smallest absolute Gasteiger partial charge is 0.335 e. The van der Waals surface area contributed by atoms with Crippen molar-refractivity contribution in [3.63, 3.8) is 0 Å². The molecule has 4 atom stereocenters. The van der Waals surface area contributed by atoms with Crippen molar-refractivity contribution in [1.29, 1.82) is 0 Å². The number of aliphatic hydroxyl groups excluding tert-OH is 2. The summed E-state index contributed by atoms with van der Waals surface area (Å²) < 4.78 is 29.5. The van der Waals surface area contributed by atoms with Crippen molar-refractivity contribution in [2.45, 2.75) is 37.2 Å². The summed E-state index contributed by atoms with van der Waals surface area (Å²) in [7, 11) is 3.13. The molecule has 0 aliphatic carbocycles. The summed E-state index contributed by atoms with van der Waals surface area (Å²) >= 11 is 6.09. The number of hydrogen-bond donors (Lipinski definition) is 6. The Kier molecular flexibility index (Phi) is 13.7. The molecule has 2 aromatic rings. The van der Waals surface area contributed by atoms with Crippen molar-refractivity contribution in [2.75, 3.05) is 46.2 Å². The number of carboxylic acids is 2. The SMILES string of the molecule is COc1cc(N)c(Cl)cc1C(=O)N[C@@H]1CCN(CCCOc2ccc(F)cc2)C[C@@H]1OC.O=C(O)[C@H](O)[C@@H](O)C(=O)O. The average molecular weight is 616 g/mol. The molecule has 1 heterocycles. The van der Waals surface area contributed by atoms with Gasteiger partial charge in [-0.3, -0.25) is 4.79 Å². The Morgan fingerprint density at radius 3 is 2.29 bits per heavy atom. The summed E-state index contributed by atoms with van der Waals surface area (Å²) in [5.74, 6) is -3.07. The van der Waals surface area contributed by atoms with Crippen LogP contribution in [-0.2, 0) is 14.3 Å². The standard InChI is InChI=1S/C23H29ClFN3O4.C4H6O6/c1-30-21-13-19(26)18(24)12-17(21)23(29)27-20-8-10-28(14-22(20)31-2)9-3-11-32-16-6-4-15(25)5-7-16;5-1(3(7)8)2(6)4(9)10/h4-7,12-13,20,22H,3,8-11,14,26H2,1-2H3,(H,27,29);1-2,5-6H,(H,7,8)(H,9,10)/t20-,22+;1-,2-/m11/s1. The first-order valence-electron chi connectivity index (χ1n) is 12.8. The molecule has 1 aliphatic heterocycles. The van der Waals surface area contributed by atoms with Crippen LogP contribution in [0.1, 0.15) is 23.2 Å². The monoisotopic (exact) mass is 615 g/mol. The van der Waals surface area contributed by atoms with Gasteiger partial charge in [0.15, 0.2) is 12.2 Å². The fraction of sp³-hybridized carbons (Fsp3) is 0.444. The molecule has 3 rings (SSSR count). The van der Waals surface area contributed by atoms with Crippen LogP contribution in [0.2, 0.25) is 5.02 Å². The Balaban J connectivity index is 0.000000528. The summed E-state index contributed by atoms with van der Waals surface area (Å²) in [6.45, 7) is 2.89. The zero-order valence-corrected chi connectivity index (χ0v) is 23.8. The highest BCUT2D eigenvalue weighted by atomic mass is 35.5. The lowest BCUT2D eigenvalue weighted by Gasteiger charge is -2.38. The van der Waals surface area contributed by atoms with Crippen molar-refractivity contribution in [2.24, 2.45) is 0 Å². The lowest BCUT2D eigenvalue weighted by Crippen LogP contribution is -2.55. The van der Waals surface area contributed by atoms with Crippen LogP contribution in [-0.4, -0.2) is 108 Å². The van der Waals surface area contributed by atoms with Gasteiger partial charge in [-0.05, 0) is 43.2 Å². The second-order valence-corrected chi connectivity index (χ2v) is 9.65. The molecule has 7 N–H and O–H groups in total. The lowest BCUT2D eigenvalue weighted by molar-refractivity contribution is -0.165. The number of carboxylic acid groups (broad SMARTS) is 2. The van der Waals surface area contributed by atoms with E-state index in [1.54, 1.807) is 25.3 Å². The van der Waals surface area contributed by atoms with Gasteiger partial charge in [-0.1, -0.05) is 11.6 Å². The predicted octanol–water partition coefficient (Wildman–Crippen LogP) is 1.24. The molecular weight excluding hydrogens is 581 g/mol. The Morgan fingerprint density at radius 2 is 1.74 bits per heavy atom. The molecule has 0 unspecified atom stereocenters. The molecule has 232 valence electrons. The van der Waals surface area contributed by atoms with E-state index in [9.17, 15) is 18.8 Å². The topological polar surface area (TPSA) is 201 Å².